The van der Waals surface area contributed by atoms with Crippen LogP contribution < -0.4 is 5.32 Å². The number of carbonyl (C=O) groups excluding carboxylic acids is 3. The van der Waals surface area contributed by atoms with E-state index in [4.69, 9.17) is 4.74 Å². The van der Waals surface area contributed by atoms with Crippen LogP contribution in [0.3, 0.4) is 0 Å². The van der Waals surface area contributed by atoms with Crippen LogP contribution in [0.25, 0.3) is 10.1 Å². The molecular formula is C21H19FN2O4S. The molecule has 150 valence electrons. The number of benzene rings is 2. The number of thiophene rings is 1. The maximum Gasteiger partial charge on any atom is 0.348 e. The van der Waals surface area contributed by atoms with Gasteiger partial charge in [-0.05, 0) is 48.7 Å². The van der Waals surface area contributed by atoms with Gasteiger partial charge in [0, 0.05) is 17.4 Å². The zero-order valence-corrected chi connectivity index (χ0v) is 16.7. The van der Waals surface area contributed by atoms with Gasteiger partial charge in [0.05, 0.1) is 6.54 Å². The van der Waals surface area contributed by atoms with Crippen LogP contribution >= 0.6 is 11.3 Å². The standard InChI is InChI=1S/C21H19FN2O4S/c1-13-3-6-16(7-4-13)23-19(25)11-24(2)20(26)12-28-21(27)18-10-14-9-15(22)5-8-17(14)29-18/h3-10H,11-12H2,1-2H3,(H,23,25). The largest absolute Gasteiger partial charge is 0.451 e. The Bertz CT molecular complexity index is 1060. The predicted octanol–water partition coefficient (Wildman–Crippen LogP) is 3.60. The minimum atomic E-state index is -0.669. The number of nitrogens with one attached hydrogen (secondary N) is 1. The van der Waals surface area contributed by atoms with Crippen LogP contribution in [0.4, 0.5) is 10.1 Å². The number of likely N-dealkylation sites (N-methyl/N-ethyl adjacent to an activating group) is 1. The maximum absolute atomic E-state index is 13.3. The van der Waals surface area contributed by atoms with Crippen LogP contribution in [-0.4, -0.2) is 42.9 Å². The smallest absolute Gasteiger partial charge is 0.348 e. The van der Waals surface area contributed by atoms with E-state index in [2.05, 4.69) is 5.32 Å². The zero-order valence-electron chi connectivity index (χ0n) is 15.9. The van der Waals surface area contributed by atoms with E-state index in [-0.39, 0.29) is 17.3 Å². The van der Waals surface area contributed by atoms with Crippen molar-refractivity contribution in [3.63, 3.8) is 0 Å². The number of halogens is 1. The molecule has 0 unspecified atom stereocenters. The minimum Gasteiger partial charge on any atom is -0.451 e. The van der Waals surface area contributed by atoms with Crippen molar-refractivity contribution in [1.29, 1.82) is 0 Å². The molecule has 3 rings (SSSR count). The molecule has 0 saturated heterocycles. The average Bonchev–Trinajstić information content (AvgIpc) is 3.10. The van der Waals surface area contributed by atoms with E-state index in [1.807, 2.05) is 19.1 Å². The summed E-state index contributed by atoms with van der Waals surface area (Å²) in [7, 11) is 1.45. The number of rotatable bonds is 6. The van der Waals surface area contributed by atoms with Gasteiger partial charge in [-0.1, -0.05) is 17.7 Å². The average molecular weight is 414 g/mol. The summed E-state index contributed by atoms with van der Waals surface area (Å²) in [4.78, 5) is 37.8. The highest BCUT2D eigenvalue weighted by molar-refractivity contribution is 7.20. The monoisotopic (exact) mass is 414 g/mol. The summed E-state index contributed by atoms with van der Waals surface area (Å²) in [5, 5.41) is 3.29. The van der Waals surface area contributed by atoms with Crippen LogP contribution in [0.1, 0.15) is 15.2 Å². The number of esters is 1. The van der Waals surface area contributed by atoms with Crippen molar-refractivity contribution < 1.29 is 23.5 Å². The number of carbonyl (C=O) groups is 3. The first-order chi connectivity index (χ1) is 13.8. The molecule has 0 fully saturated rings. The molecule has 3 aromatic rings. The number of hydrogen-bond acceptors (Lipinski definition) is 5. The van der Waals surface area contributed by atoms with Gasteiger partial charge in [-0.25, -0.2) is 9.18 Å². The second-order valence-electron chi connectivity index (χ2n) is 6.53. The highest BCUT2D eigenvalue weighted by Crippen LogP contribution is 2.26. The third-order valence-electron chi connectivity index (χ3n) is 4.15. The van der Waals surface area contributed by atoms with Crippen molar-refractivity contribution >= 4 is 44.9 Å². The number of aryl methyl sites for hydroxylation is 1. The number of anilines is 1. The van der Waals surface area contributed by atoms with Crippen LogP contribution in [0, 0.1) is 12.7 Å². The molecule has 2 amide bonds. The highest BCUT2D eigenvalue weighted by Gasteiger charge is 2.17. The summed E-state index contributed by atoms with van der Waals surface area (Å²) >= 11 is 1.16. The molecule has 6 nitrogen and oxygen atoms in total. The fourth-order valence-corrected chi connectivity index (χ4v) is 3.50. The summed E-state index contributed by atoms with van der Waals surface area (Å²) in [6.45, 7) is 1.28. The Morgan fingerprint density at radius 2 is 1.83 bits per heavy atom. The summed E-state index contributed by atoms with van der Waals surface area (Å²) in [6, 6.07) is 13.0. The molecule has 8 heteroatoms. The number of fused-ring (bicyclic) bond motifs is 1. The van der Waals surface area contributed by atoms with E-state index in [0.717, 1.165) is 21.6 Å². The van der Waals surface area contributed by atoms with Gasteiger partial charge < -0.3 is 15.0 Å². The molecule has 0 bridgehead atoms. The molecule has 1 N–H and O–H groups in total. The molecule has 1 heterocycles. The Morgan fingerprint density at radius 1 is 1.10 bits per heavy atom. The van der Waals surface area contributed by atoms with E-state index in [1.54, 1.807) is 18.2 Å². The summed E-state index contributed by atoms with van der Waals surface area (Å²) in [5.41, 5.74) is 1.70. The molecule has 29 heavy (non-hydrogen) atoms. The number of ether oxygens (including phenoxy) is 1. The molecule has 1 aromatic heterocycles. The number of nitrogens with zero attached hydrogens (tertiary/aromatic N) is 1. The first kappa shape index (κ1) is 20.5. The summed E-state index contributed by atoms with van der Waals surface area (Å²) in [6.07, 6.45) is 0. The lowest BCUT2D eigenvalue weighted by molar-refractivity contribution is -0.136. The summed E-state index contributed by atoms with van der Waals surface area (Å²) in [5.74, 6) is -1.93. The predicted molar refractivity (Wildman–Crippen MR) is 110 cm³/mol. The third-order valence-corrected chi connectivity index (χ3v) is 5.24. The van der Waals surface area contributed by atoms with Crippen LogP contribution in [0.15, 0.2) is 48.5 Å². The van der Waals surface area contributed by atoms with Crippen molar-refractivity contribution in [2.24, 2.45) is 0 Å². The van der Waals surface area contributed by atoms with Gasteiger partial charge in [0.1, 0.15) is 10.7 Å². The van der Waals surface area contributed by atoms with Crippen LogP contribution in [0.5, 0.6) is 0 Å². The fourth-order valence-electron chi connectivity index (χ4n) is 2.56. The molecule has 0 aliphatic carbocycles. The molecule has 0 radical (unpaired) electrons. The minimum absolute atomic E-state index is 0.174. The molecule has 0 aliphatic rings. The van der Waals surface area contributed by atoms with Crippen molar-refractivity contribution in [3.05, 3.63) is 64.8 Å². The number of hydrogen-bond donors (Lipinski definition) is 1. The van der Waals surface area contributed by atoms with Gasteiger partial charge in [-0.2, -0.15) is 0 Å². The SMILES string of the molecule is Cc1ccc(NC(=O)CN(C)C(=O)COC(=O)c2cc3cc(F)ccc3s2)cc1. The first-order valence-electron chi connectivity index (χ1n) is 8.78. The van der Waals surface area contributed by atoms with E-state index in [1.165, 1.54) is 30.1 Å². The normalized spacial score (nSPS) is 10.6. The second kappa shape index (κ2) is 8.83. The lowest BCUT2D eigenvalue weighted by atomic mass is 10.2. The highest BCUT2D eigenvalue weighted by atomic mass is 32.1. The third kappa shape index (κ3) is 5.39. The molecular weight excluding hydrogens is 395 g/mol. The van der Waals surface area contributed by atoms with Gasteiger partial charge in [0.15, 0.2) is 6.61 Å². The fraction of sp³-hybridized carbons (Fsp3) is 0.190. The quantitative estimate of drug-likeness (QED) is 0.626. The first-order valence-corrected chi connectivity index (χ1v) is 9.60. The van der Waals surface area contributed by atoms with E-state index < -0.39 is 24.3 Å². The molecule has 0 spiro atoms. The van der Waals surface area contributed by atoms with Crippen LogP contribution in [0.2, 0.25) is 0 Å². The topological polar surface area (TPSA) is 75.7 Å². The van der Waals surface area contributed by atoms with E-state index >= 15 is 0 Å². The van der Waals surface area contributed by atoms with Crippen LogP contribution in [-0.2, 0) is 14.3 Å². The van der Waals surface area contributed by atoms with Crippen molar-refractivity contribution in [2.45, 2.75) is 6.92 Å². The lowest BCUT2D eigenvalue weighted by Gasteiger charge is -2.16. The van der Waals surface area contributed by atoms with Gasteiger partial charge in [-0.15, -0.1) is 11.3 Å². The molecule has 0 aliphatic heterocycles. The zero-order chi connectivity index (χ0) is 21.0. The Kier molecular flexibility index (Phi) is 6.23. The van der Waals surface area contributed by atoms with Crippen molar-refractivity contribution in [2.75, 3.05) is 25.5 Å². The van der Waals surface area contributed by atoms with Gasteiger partial charge >= 0.3 is 5.97 Å². The van der Waals surface area contributed by atoms with Crippen molar-refractivity contribution in [3.8, 4) is 0 Å². The van der Waals surface area contributed by atoms with Crippen molar-refractivity contribution in [1.82, 2.24) is 4.90 Å². The van der Waals surface area contributed by atoms with Gasteiger partial charge in [0.25, 0.3) is 5.91 Å². The molecule has 0 atom stereocenters. The second-order valence-corrected chi connectivity index (χ2v) is 7.62. The van der Waals surface area contributed by atoms with E-state index in [0.29, 0.717) is 11.1 Å². The molecule has 2 aromatic carbocycles. The summed E-state index contributed by atoms with van der Waals surface area (Å²) < 4.78 is 19.0. The Labute approximate surface area is 170 Å². The Hall–Kier alpha value is -3.26. The van der Waals surface area contributed by atoms with Gasteiger partial charge in [0.2, 0.25) is 5.91 Å². The Balaban J connectivity index is 1.50. The number of amides is 2. The lowest BCUT2D eigenvalue weighted by Crippen LogP contribution is -2.37. The maximum atomic E-state index is 13.3. The van der Waals surface area contributed by atoms with Gasteiger partial charge in [-0.3, -0.25) is 9.59 Å². The van der Waals surface area contributed by atoms with E-state index in [9.17, 15) is 18.8 Å². The molecule has 0 saturated carbocycles. The Morgan fingerprint density at radius 3 is 2.55 bits per heavy atom.